The molecule has 0 saturated heterocycles. The summed E-state index contributed by atoms with van der Waals surface area (Å²) in [6.07, 6.45) is 5.39. The van der Waals surface area contributed by atoms with Crippen LogP contribution >= 0.6 is 0 Å². The highest BCUT2D eigenvalue weighted by molar-refractivity contribution is 7.92. The van der Waals surface area contributed by atoms with Crippen molar-refractivity contribution in [3.05, 3.63) is 48.9 Å². The molecule has 0 aliphatic heterocycles. The van der Waals surface area contributed by atoms with Crippen LogP contribution in [-0.2, 0) is 16.9 Å². The number of fused-ring (bicyclic) bond motifs is 1. The van der Waals surface area contributed by atoms with Gasteiger partial charge in [0.15, 0.2) is 15.5 Å². The third-order valence-electron chi connectivity index (χ3n) is 4.47. The van der Waals surface area contributed by atoms with E-state index in [1.165, 1.54) is 0 Å². The van der Waals surface area contributed by atoms with E-state index in [0.717, 1.165) is 22.3 Å². The predicted molar refractivity (Wildman–Crippen MR) is 104 cm³/mol. The highest BCUT2D eigenvalue weighted by atomic mass is 32.2. The van der Waals surface area contributed by atoms with Crippen LogP contribution in [0, 0.1) is 0 Å². The fourth-order valence-corrected chi connectivity index (χ4v) is 3.93. The smallest absolute Gasteiger partial charge is 0.180 e. The van der Waals surface area contributed by atoms with Crippen molar-refractivity contribution >= 4 is 21.0 Å². The summed E-state index contributed by atoms with van der Waals surface area (Å²) in [5.41, 5.74) is 4.57. The van der Waals surface area contributed by atoms with Gasteiger partial charge in [0.05, 0.1) is 27.7 Å². The molecule has 0 aliphatic carbocycles. The Morgan fingerprint density at radius 3 is 2.44 bits per heavy atom. The molecule has 0 bridgehead atoms. The molecule has 8 heteroatoms. The van der Waals surface area contributed by atoms with E-state index in [-0.39, 0.29) is 0 Å². The van der Waals surface area contributed by atoms with Crippen molar-refractivity contribution in [3.63, 3.8) is 0 Å². The second kappa shape index (κ2) is 6.31. The lowest BCUT2D eigenvalue weighted by molar-refractivity contribution is 0.587. The number of H-pyrrole nitrogens is 1. The Morgan fingerprint density at radius 2 is 1.81 bits per heavy atom. The largest absolute Gasteiger partial charge is 0.344 e. The number of nitrogens with zero attached hydrogens (tertiary/aromatic N) is 4. The van der Waals surface area contributed by atoms with Gasteiger partial charge in [0.25, 0.3) is 0 Å². The number of hydrogen-bond donors (Lipinski definition) is 1. The number of nitrogens with one attached hydrogen (secondary N) is 1. The standard InChI is InChI=1S/C19H19N5O2S/c1-12(2)27(25,26)14-6-4-13(5-7-14)17-11-21-19-18(22-17)15(10-20-19)16-8-9-24(3)23-16/h4-12H,1-3H3,(H,20,21). The van der Waals surface area contributed by atoms with Crippen molar-refractivity contribution in [2.75, 3.05) is 0 Å². The maximum atomic E-state index is 12.3. The highest BCUT2D eigenvalue weighted by Crippen LogP contribution is 2.28. The minimum absolute atomic E-state index is 0.311. The fraction of sp³-hybridized carbons (Fsp3) is 0.211. The van der Waals surface area contributed by atoms with Crippen LogP contribution in [0.3, 0.4) is 0 Å². The van der Waals surface area contributed by atoms with E-state index in [0.29, 0.717) is 16.2 Å². The summed E-state index contributed by atoms with van der Waals surface area (Å²) in [4.78, 5) is 12.6. The van der Waals surface area contributed by atoms with Gasteiger partial charge in [-0.3, -0.25) is 4.68 Å². The van der Waals surface area contributed by atoms with Crippen molar-refractivity contribution in [1.82, 2.24) is 24.7 Å². The molecule has 0 radical (unpaired) electrons. The van der Waals surface area contributed by atoms with Gasteiger partial charge in [0.1, 0.15) is 5.52 Å². The van der Waals surface area contributed by atoms with Crippen molar-refractivity contribution < 1.29 is 8.42 Å². The Balaban J connectivity index is 1.76. The van der Waals surface area contributed by atoms with Crippen molar-refractivity contribution in [2.24, 2.45) is 7.05 Å². The Kier molecular flexibility index (Phi) is 4.07. The first-order valence-electron chi connectivity index (χ1n) is 8.55. The minimum Gasteiger partial charge on any atom is -0.344 e. The van der Waals surface area contributed by atoms with E-state index in [9.17, 15) is 8.42 Å². The zero-order valence-electron chi connectivity index (χ0n) is 15.2. The quantitative estimate of drug-likeness (QED) is 0.586. The maximum absolute atomic E-state index is 12.3. The van der Waals surface area contributed by atoms with Gasteiger partial charge >= 0.3 is 0 Å². The van der Waals surface area contributed by atoms with E-state index in [1.54, 1.807) is 49.0 Å². The second-order valence-corrected chi connectivity index (χ2v) is 9.15. The van der Waals surface area contributed by atoms with E-state index in [1.807, 2.05) is 25.5 Å². The first kappa shape index (κ1) is 17.4. The Hall–Kier alpha value is -3.00. The first-order chi connectivity index (χ1) is 12.9. The van der Waals surface area contributed by atoms with Gasteiger partial charge in [-0.25, -0.2) is 18.4 Å². The molecule has 0 amide bonds. The molecule has 138 valence electrons. The summed E-state index contributed by atoms with van der Waals surface area (Å²) >= 11 is 0. The lowest BCUT2D eigenvalue weighted by atomic mass is 10.1. The number of aromatic amines is 1. The number of aryl methyl sites for hydroxylation is 1. The maximum Gasteiger partial charge on any atom is 0.180 e. The van der Waals surface area contributed by atoms with Gasteiger partial charge in [-0.15, -0.1) is 0 Å². The fourth-order valence-electron chi connectivity index (χ4n) is 2.87. The van der Waals surface area contributed by atoms with Crippen molar-refractivity contribution in [2.45, 2.75) is 24.0 Å². The van der Waals surface area contributed by atoms with Crippen molar-refractivity contribution in [3.8, 4) is 22.5 Å². The molecule has 1 aromatic carbocycles. The molecule has 0 spiro atoms. The van der Waals surface area contributed by atoms with Crippen LogP contribution in [0.1, 0.15) is 13.8 Å². The normalized spacial score (nSPS) is 12.1. The third-order valence-corrected chi connectivity index (χ3v) is 6.64. The number of benzene rings is 1. The van der Waals surface area contributed by atoms with Crippen LogP contribution in [0.2, 0.25) is 0 Å². The van der Waals surface area contributed by atoms with Gasteiger partial charge in [-0.2, -0.15) is 5.10 Å². The SMILES string of the molecule is CC(C)S(=O)(=O)c1ccc(-c2cnc3[nH]cc(-c4ccn(C)n4)c3n2)cc1. The number of sulfone groups is 1. The Labute approximate surface area is 157 Å². The Morgan fingerprint density at radius 1 is 1.07 bits per heavy atom. The summed E-state index contributed by atoms with van der Waals surface area (Å²) in [5.74, 6) is 0. The third kappa shape index (κ3) is 3.02. The lowest BCUT2D eigenvalue weighted by Gasteiger charge is -2.08. The van der Waals surface area contributed by atoms with Crippen LogP contribution in [0.4, 0.5) is 0 Å². The summed E-state index contributed by atoms with van der Waals surface area (Å²) in [6, 6.07) is 8.68. The van der Waals surface area contributed by atoms with Crippen molar-refractivity contribution in [1.29, 1.82) is 0 Å². The zero-order chi connectivity index (χ0) is 19.2. The number of hydrogen-bond acceptors (Lipinski definition) is 5. The molecule has 7 nitrogen and oxygen atoms in total. The molecule has 4 aromatic rings. The van der Waals surface area contributed by atoms with Gasteiger partial charge in [-0.1, -0.05) is 12.1 Å². The lowest BCUT2D eigenvalue weighted by Crippen LogP contribution is -2.13. The van der Waals surface area contributed by atoms with Gasteiger partial charge < -0.3 is 4.98 Å². The molecule has 3 heterocycles. The Bertz CT molecular complexity index is 1220. The van der Waals surface area contributed by atoms with Gasteiger partial charge in [0.2, 0.25) is 0 Å². The molecule has 1 N–H and O–H groups in total. The average Bonchev–Trinajstić information content (AvgIpc) is 3.27. The molecule has 0 fully saturated rings. The first-order valence-corrected chi connectivity index (χ1v) is 10.1. The molecule has 27 heavy (non-hydrogen) atoms. The number of aromatic nitrogens is 5. The van der Waals surface area contributed by atoms with E-state index in [4.69, 9.17) is 4.98 Å². The van der Waals surface area contributed by atoms with E-state index in [2.05, 4.69) is 15.1 Å². The molecular formula is C19H19N5O2S. The van der Waals surface area contributed by atoms with Crippen LogP contribution in [-0.4, -0.2) is 38.4 Å². The van der Waals surface area contributed by atoms with E-state index < -0.39 is 15.1 Å². The molecule has 4 rings (SSSR count). The molecule has 3 aromatic heterocycles. The molecule has 0 atom stereocenters. The summed E-state index contributed by atoms with van der Waals surface area (Å²) in [7, 11) is -1.43. The monoisotopic (exact) mass is 381 g/mol. The van der Waals surface area contributed by atoms with E-state index >= 15 is 0 Å². The molecule has 0 saturated carbocycles. The second-order valence-electron chi connectivity index (χ2n) is 6.65. The number of rotatable bonds is 4. The van der Waals surface area contributed by atoms with Gasteiger partial charge in [-0.05, 0) is 32.0 Å². The average molecular weight is 381 g/mol. The summed E-state index contributed by atoms with van der Waals surface area (Å²) < 4.78 is 26.3. The van der Waals surface area contributed by atoms with Crippen LogP contribution in [0.25, 0.3) is 33.7 Å². The molecular weight excluding hydrogens is 362 g/mol. The molecule has 0 aliphatic rings. The van der Waals surface area contributed by atoms with Crippen LogP contribution in [0.15, 0.2) is 53.8 Å². The topological polar surface area (TPSA) is 93.5 Å². The zero-order valence-corrected chi connectivity index (χ0v) is 16.0. The van der Waals surface area contributed by atoms with Crippen LogP contribution in [0.5, 0.6) is 0 Å². The minimum atomic E-state index is -3.29. The summed E-state index contributed by atoms with van der Waals surface area (Å²) in [5, 5.41) is 3.96. The highest BCUT2D eigenvalue weighted by Gasteiger charge is 2.19. The molecule has 0 unspecified atom stereocenters. The van der Waals surface area contributed by atoms with Crippen LogP contribution < -0.4 is 0 Å². The predicted octanol–water partition coefficient (Wildman–Crippen LogP) is 3.21. The van der Waals surface area contributed by atoms with Gasteiger partial charge in [0, 0.05) is 30.6 Å². The summed E-state index contributed by atoms with van der Waals surface area (Å²) in [6.45, 7) is 3.35.